The van der Waals surface area contributed by atoms with Crippen LogP contribution in [0.4, 0.5) is 22.7 Å². The number of sulfonamides is 1. The zero-order valence-electron chi connectivity index (χ0n) is 36.2. The van der Waals surface area contributed by atoms with Crippen LogP contribution >= 0.6 is 29.3 Å². The fourth-order valence-electron chi connectivity index (χ4n) is 3.77. The third kappa shape index (κ3) is 30.6. The minimum atomic E-state index is -4.17. The van der Waals surface area contributed by atoms with Crippen molar-refractivity contribution in [3.05, 3.63) is 103 Å². The van der Waals surface area contributed by atoms with Gasteiger partial charge in [-0.3, -0.25) is 28.5 Å². The molecular formula is C40H62BClI2N5O13S3-. The van der Waals surface area contributed by atoms with Crippen molar-refractivity contribution < 1.29 is 83.0 Å². The van der Waals surface area contributed by atoms with Crippen molar-refractivity contribution in [2.75, 3.05) is 28.3 Å². The second-order valence-corrected chi connectivity index (χ2v) is 21.5. The molecule has 0 saturated carbocycles. The van der Waals surface area contributed by atoms with Gasteiger partial charge in [0.2, 0.25) is 33.7 Å². The minimum absolute atomic E-state index is 0. The Balaban J connectivity index is -0.000000141. The van der Waals surface area contributed by atoms with Crippen LogP contribution in [0.15, 0.2) is 118 Å². The summed E-state index contributed by atoms with van der Waals surface area (Å²) in [6.07, 6.45) is 1.85. The van der Waals surface area contributed by atoms with Crippen molar-refractivity contribution in [3.8, 4) is 0 Å². The molecule has 0 fully saturated rings. The van der Waals surface area contributed by atoms with Crippen LogP contribution in [0.5, 0.6) is 0 Å². The van der Waals surface area contributed by atoms with Gasteiger partial charge in [0.1, 0.15) is 0 Å². The van der Waals surface area contributed by atoms with Crippen LogP contribution in [0.3, 0.4) is 0 Å². The summed E-state index contributed by atoms with van der Waals surface area (Å²) in [4.78, 5) is 53.3. The van der Waals surface area contributed by atoms with Crippen molar-refractivity contribution in [1.29, 1.82) is 0 Å². The number of halogens is 3. The van der Waals surface area contributed by atoms with Gasteiger partial charge in [-0.25, -0.2) is 21.6 Å². The van der Waals surface area contributed by atoms with Gasteiger partial charge in [0, 0.05) is 72.7 Å². The number of amides is 4. The summed E-state index contributed by atoms with van der Waals surface area (Å²) < 4.78 is 76.9. The van der Waals surface area contributed by atoms with Gasteiger partial charge >= 0.3 is 47.3 Å². The van der Waals surface area contributed by atoms with Gasteiger partial charge in [-0.1, -0.05) is 52.8 Å². The Morgan fingerprint density at radius 2 is 0.815 bits per heavy atom. The van der Waals surface area contributed by atoms with E-state index in [4.69, 9.17) is 26.0 Å². The second kappa shape index (κ2) is 34.2. The molecule has 4 aromatic carbocycles. The van der Waals surface area contributed by atoms with Gasteiger partial charge in [0.15, 0.2) is 0 Å². The van der Waals surface area contributed by atoms with Crippen molar-refractivity contribution in [1.82, 2.24) is 4.72 Å². The Morgan fingerprint density at radius 1 is 0.554 bits per heavy atom. The molecule has 0 saturated heterocycles. The molecule has 4 amide bonds. The Labute approximate surface area is 414 Å². The van der Waals surface area contributed by atoms with Crippen molar-refractivity contribution >= 4 is 117 Å². The number of anilines is 4. The number of para-hydroxylation sites is 1. The first-order valence-electron chi connectivity index (χ1n) is 18.9. The molecule has 4 aromatic rings. The maximum atomic E-state index is 11.4. The van der Waals surface area contributed by atoms with Crippen molar-refractivity contribution in [2.45, 2.75) is 81.4 Å². The molecule has 368 valence electrons. The first-order valence-corrected chi connectivity index (χ1v) is 31.7. The molecule has 0 atom stereocenters. The van der Waals surface area contributed by atoms with E-state index >= 15 is 0 Å². The van der Waals surface area contributed by atoms with E-state index in [1.165, 1.54) is 67.7 Å². The van der Waals surface area contributed by atoms with Crippen LogP contribution in [0.25, 0.3) is 0 Å². The third-order valence-corrected chi connectivity index (χ3v) is 10.9. The summed E-state index contributed by atoms with van der Waals surface area (Å²) in [6, 6.07) is 26.4. The van der Waals surface area contributed by atoms with Crippen LogP contribution in [0.2, 0.25) is 0 Å². The molecule has 0 aromatic heterocycles. The number of hydrogen-bond acceptors (Lipinski definition) is 11. The van der Waals surface area contributed by atoms with Gasteiger partial charge in [-0.05, 0) is 92.0 Å². The number of hydrogen-bond donors (Lipinski definition) is 7. The Morgan fingerprint density at radius 3 is 1.05 bits per heavy atom. The molecule has 7 N–H and O–H groups in total. The van der Waals surface area contributed by atoms with E-state index in [0.717, 1.165) is 5.69 Å². The predicted molar refractivity (Wildman–Crippen MR) is 269 cm³/mol. The van der Waals surface area contributed by atoms with E-state index < -0.39 is 35.2 Å². The molecule has 65 heavy (non-hydrogen) atoms. The first-order chi connectivity index (χ1) is 30.4. The standard InChI is InChI=1S/C10H14N2O3S.C9H10ClNO3S.C9H11NO4S.C9H11NO.C3H6O2.BI2.5H2/c1-3-10(13)12-8-4-6-9(7-5-8)16(14,15)11-2;1-2-9(12)11-7-3-5-8(6-4-7)15(10,13)14;1-2-9(11)10-7-3-5-8(6-4-7)15(12,13)14;1-2-9(11)10-8-6-4-3-5-7-8;1-2-3(4)5;1-3-2;;;;;/h4-7,11H,3H2,1-2H3,(H,12,13);3-6H,2H2,1H3,(H,11,12);3-6H,2H2,1H3,(H,10,11)(H,12,13,14);3-7H,2H2,1H3,(H,10,11);2H2,1H3,(H,4,5);;5*1H/q;;;;;-1;;;;;/i;;;;;;5*1+2. The first kappa shape index (κ1) is 62.9. The number of rotatable bonds is 13. The fourth-order valence-corrected chi connectivity index (χ4v) is 5.75. The van der Waals surface area contributed by atoms with Crippen molar-refractivity contribution in [2.24, 2.45) is 0 Å². The molecule has 0 bridgehead atoms. The number of carbonyl (C=O) groups excluding carboxylic acids is 4. The van der Waals surface area contributed by atoms with E-state index in [2.05, 4.69) is 44.6 Å². The summed E-state index contributed by atoms with van der Waals surface area (Å²) in [5.41, 5.74) is 7.43. The Hall–Kier alpha value is -4.19. The summed E-state index contributed by atoms with van der Waals surface area (Å²) in [5, 5.41) is 18.3. The normalized spacial score (nSPS) is 10.3. The number of aliphatic carboxylic acids is 1. The molecule has 0 heterocycles. The molecule has 0 aliphatic heterocycles. The molecule has 4 rings (SSSR count). The average Bonchev–Trinajstić information content (AvgIpc) is 3.27. The fraction of sp³-hybridized carbons (Fsp3) is 0.275. The molecule has 25 heteroatoms. The van der Waals surface area contributed by atoms with E-state index in [1.807, 2.05) is 37.3 Å². The topological polar surface area (TPSA) is 288 Å². The second-order valence-electron chi connectivity index (χ2n) is 12.0. The molecule has 18 nitrogen and oxygen atoms in total. The van der Waals surface area contributed by atoms with Crippen LogP contribution < -0.4 is 43.0 Å². The SMILES string of the molecule is CCC(=O)Nc1ccc(S(=O)(=O)Cl)cc1.CCC(=O)Nc1ccc(S(=O)(=O)NC)cc1.CCC(=O)Nc1ccc(S(=O)(=O)O)cc1.CCC(=O)Nc1ccccc1.CCC(=O)O.[3HH].[3HH].[3HH].[3HH].[3HH].[B][I-]I. The molecule has 0 spiro atoms. The van der Waals surface area contributed by atoms with E-state index in [1.54, 1.807) is 39.8 Å². The van der Waals surface area contributed by atoms with Crippen LogP contribution in [-0.2, 0) is 53.2 Å². The zero-order chi connectivity index (χ0) is 50.2. The van der Waals surface area contributed by atoms with Gasteiger partial charge in [-0.15, -0.1) is 0 Å². The quantitative estimate of drug-likeness (QED) is 0.0380. The summed E-state index contributed by atoms with van der Waals surface area (Å²) >= 11 is 2.24. The number of carbonyl (C=O) groups is 5. The number of benzene rings is 4. The van der Waals surface area contributed by atoms with E-state index in [0.29, 0.717) is 42.7 Å². The maximum absolute atomic E-state index is 11.4. The number of nitrogens with one attached hydrogen (secondary N) is 5. The molecule has 2 radical (unpaired) electrons. The number of carboxylic acids is 1. The number of carboxylic acid groups (broad SMARTS) is 1. The summed E-state index contributed by atoms with van der Waals surface area (Å²) in [7, 11) is -4.79. The van der Waals surface area contributed by atoms with Crippen LogP contribution in [-0.4, -0.2) is 77.3 Å². The summed E-state index contributed by atoms with van der Waals surface area (Å²) in [5.74, 6) is -1.09. The zero-order valence-corrected chi connectivity index (χ0v) is 43.7. The van der Waals surface area contributed by atoms with Crippen LogP contribution in [0, 0.1) is 0 Å². The Bertz CT molecular complexity index is 2340. The van der Waals surface area contributed by atoms with Gasteiger partial charge < -0.3 is 26.4 Å². The van der Waals surface area contributed by atoms with Gasteiger partial charge in [0.05, 0.1) is 14.7 Å². The van der Waals surface area contributed by atoms with Gasteiger partial charge in [-0.2, -0.15) is 8.42 Å². The summed E-state index contributed by atoms with van der Waals surface area (Å²) in [6.45, 7) is 8.62. The molecule has 0 aliphatic carbocycles. The third-order valence-electron chi connectivity index (χ3n) is 7.22. The van der Waals surface area contributed by atoms with Crippen molar-refractivity contribution in [3.63, 3.8) is 0 Å². The average molecular weight is 1230 g/mol. The van der Waals surface area contributed by atoms with E-state index in [-0.39, 0.29) is 68.9 Å². The van der Waals surface area contributed by atoms with Crippen LogP contribution in [0.1, 0.15) is 73.9 Å². The predicted octanol–water partition coefficient (Wildman–Crippen LogP) is 5.44. The van der Waals surface area contributed by atoms with Gasteiger partial charge in [0.25, 0.3) is 19.2 Å². The molecule has 0 aliphatic rings. The van der Waals surface area contributed by atoms with E-state index in [9.17, 15) is 49.2 Å². The Kier molecular flexibility index (Phi) is 33.1. The molecule has 0 unspecified atom stereocenters. The molecular weight excluding hydrogens is 1150 g/mol. The monoisotopic (exact) mass is 1230 g/mol.